The summed E-state index contributed by atoms with van der Waals surface area (Å²) in [7, 11) is 0. The van der Waals surface area contributed by atoms with Crippen molar-refractivity contribution in [3.63, 3.8) is 0 Å². The van der Waals surface area contributed by atoms with Gasteiger partial charge >= 0.3 is 5.70 Å². The van der Waals surface area contributed by atoms with Crippen LogP contribution in [-0.2, 0) is 4.79 Å². The number of thiophene rings is 1. The molecule has 1 aromatic rings. The number of Topliss-reactive ketones (excluding diaryl/α,β-unsaturated/α-hetero) is 1. The highest BCUT2D eigenvalue weighted by atomic mass is 32.1. The van der Waals surface area contributed by atoms with Crippen LogP contribution in [0.5, 0.6) is 0 Å². The van der Waals surface area contributed by atoms with Crippen molar-refractivity contribution in [2.75, 3.05) is 0 Å². The number of carbonyl (C=O) groups excluding carboxylic acids is 1. The summed E-state index contributed by atoms with van der Waals surface area (Å²) in [5, 5.41) is 12.2. The zero-order chi connectivity index (χ0) is 9.84. The second-order valence-electron chi connectivity index (χ2n) is 2.36. The molecule has 0 N–H and O–H groups in total. The quantitative estimate of drug-likeness (QED) is 0.422. The van der Waals surface area contributed by atoms with Crippen molar-refractivity contribution in [3.8, 4) is 0 Å². The Morgan fingerprint density at radius 3 is 2.77 bits per heavy atom. The lowest BCUT2D eigenvalue weighted by atomic mass is 10.3. The van der Waals surface area contributed by atoms with Crippen molar-refractivity contribution in [1.29, 1.82) is 0 Å². The molecule has 0 unspecified atom stereocenters. The first-order valence-corrected chi connectivity index (χ1v) is 4.40. The van der Waals surface area contributed by atoms with E-state index in [-0.39, 0.29) is 5.70 Å². The van der Waals surface area contributed by atoms with Crippen LogP contribution in [0.15, 0.2) is 23.2 Å². The van der Waals surface area contributed by atoms with Gasteiger partial charge in [0.2, 0.25) is 5.78 Å². The highest BCUT2D eigenvalue weighted by Crippen LogP contribution is 2.13. The molecule has 0 aliphatic rings. The lowest BCUT2D eigenvalue weighted by Gasteiger charge is -1.90. The summed E-state index contributed by atoms with van der Waals surface area (Å²) in [6.07, 6.45) is 1.28. The molecule has 0 saturated heterocycles. The molecule has 0 aliphatic carbocycles. The van der Waals surface area contributed by atoms with Crippen LogP contribution in [0, 0.1) is 10.1 Å². The number of nitrogens with zero attached hydrogens (tertiary/aromatic N) is 1. The maximum Gasteiger partial charge on any atom is 0.313 e. The van der Waals surface area contributed by atoms with E-state index in [1.165, 1.54) is 24.3 Å². The number of hydrogen-bond acceptors (Lipinski definition) is 4. The van der Waals surface area contributed by atoms with Crippen LogP contribution >= 0.6 is 11.3 Å². The van der Waals surface area contributed by atoms with Gasteiger partial charge in [-0.05, 0) is 11.4 Å². The average molecular weight is 197 g/mol. The Hall–Kier alpha value is -1.49. The van der Waals surface area contributed by atoms with Crippen LogP contribution in [0.25, 0.3) is 6.08 Å². The monoisotopic (exact) mass is 197 g/mol. The smallest absolute Gasteiger partial charge is 0.288 e. The van der Waals surface area contributed by atoms with Gasteiger partial charge in [0.05, 0.1) is 4.92 Å². The van der Waals surface area contributed by atoms with Crippen molar-refractivity contribution in [1.82, 2.24) is 0 Å². The van der Waals surface area contributed by atoms with Crippen LogP contribution in [0.3, 0.4) is 0 Å². The Balaban J connectivity index is 3.01. The van der Waals surface area contributed by atoms with E-state index in [2.05, 4.69) is 0 Å². The topological polar surface area (TPSA) is 60.2 Å². The van der Waals surface area contributed by atoms with Crippen molar-refractivity contribution in [3.05, 3.63) is 38.2 Å². The molecule has 0 spiro atoms. The van der Waals surface area contributed by atoms with Crippen LogP contribution in [-0.4, -0.2) is 10.7 Å². The second-order valence-corrected chi connectivity index (χ2v) is 3.34. The first kappa shape index (κ1) is 9.60. The average Bonchev–Trinajstić information content (AvgIpc) is 2.50. The molecule has 68 valence electrons. The minimum Gasteiger partial charge on any atom is -0.288 e. The number of rotatable bonds is 3. The Bertz CT molecular complexity index is 337. The molecule has 1 aromatic heterocycles. The molecule has 0 saturated carbocycles. The van der Waals surface area contributed by atoms with Gasteiger partial charge in [-0.3, -0.25) is 14.9 Å². The number of nitro groups is 1. The Morgan fingerprint density at radius 2 is 2.38 bits per heavy atom. The van der Waals surface area contributed by atoms with E-state index in [9.17, 15) is 14.9 Å². The summed E-state index contributed by atoms with van der Waals surface area (Å²) < 4.78 is 0. The Labute approximate surface area is 78.7 Å². The molecule has 0 aliphatic heterocycles. The van der Waals surface area contributed by atoms with Gasteiger partial charge in [0.25, 0.3) is 0 Å². The molecule has 0 aromatic carbocycles. The highest BCUT2D eigenvalue weighted by molar-refractivity contribution is 7.10. The Morgan fingerprint density at radius 1 is 1.69 bits per heavy atom. The fraction of sp³-hybridized carbons (Fsp3) is 0.125. The highest BCUT2D eigenvalue weighted by Gasteiger charge is 2.16. The molecule has 0 fully saturated rings. The van der Waals surface area contributed by atoms with Crippen molar-refractivity contribution < 1.29 is 9.72 Å². The summed E-state index contributed by atoms with van der Waals surface area (Å²) in [5.74, 6) is -0.529. The first-order chi connectivity index (χ1) is 6.11. The lowest BCUT2D eigenvalue weighted by molar-refractivity contribution is -0.417. The van der Waals surface area contributed by atoms with Crippen LogP contribution in [0.2, 0.25) is 0 Å². The van der Waals surface area contributed by atoms with Gasteiger partial charge < -0.3 is 0 Å². The van der Waals surface area contributed by atoms with Gasteiger partial charge in [-0.25, -0.2) is 0 Å². The van der Waals surface area contributed by atoms with E-state index >= 15 is 0 Å². The van der Waals surface area contributed by atoms with Gasteiger partial charge in [-0.1, -0.05) is 6.07 Å². The van der Waals surface area contributed by atoms with Gasteiger partial charge in [-0.2, -0.15) is 0 Å². The third kappa shape index (κ3) is 2.48. The molecule has 0 amide bonds. The summed E-state index contributed by atoms with van der Waals surface area (Å²) in [6.45, 7) is 1.18. The van der Waals surface area contributed by atoms with E-state index in [0.717, 1.165) is 0 Å². The molecule has 4 nitrogen and oxygen atoms in total. The first-order valence-electron chi connectivity index (χ1n) is 3.52. The van der Waals surface area contributed by atoms with Crippen LogP contribution in [0.4, 0.5) is 0 Å². The summed E-state index contributed by atoms with van der Waals surface area (Å²) in [6, 6.07) is 3.49. The number of allylic oxidation sites excluding steroid dienone is 1. The predicted octanol–water partition coefficient (Wildman–Crippen LogP) is 1.95. The molecule has 5 heteroatoms. The van der Waals surface area contributed by atoms with Gasteiger partial charge in [0.1, 0.15) is 0 Å². The summed E-state index contributed by atoms with van der Waals surface area (Å²) in [5.41, 5.74) is -0.373. The fourth-order valence-corrected chi connectivity index (χ4v) is 1.44. The number of ketones is 1. The molecular weight excluding hydrogens is 190 g/mol. The molecule has 1 heterocycles. The van der Waals surface area contributed by atoms with Gasteiger partial charge in [-0.15, -0.1) is 11.3 Å². The zero-order valence-electron chi connectivity index (χ0n) is 6.89. The molecular formula is C8H7NO3S. The third-order valence-corrected chi connectivity index (χ3v) is 2.20. The third-order valence-electron chi connectivity index (χ3n) is 1.38. The normalized spacial score (nSPS) is 11.3. The Kier molecular flexibility index (Phi) is 2.92. The maximum atomic E-state index is 10.8. The van der Waals surface area contributed by atoms with Crippen molar-refractivity contribution in [2.24, 2.45) is 0 Å². The second kappa shape index (κ2) is 3.95. The maximum absolute atomic E-state index is 10.8. The van der Waals surface area contributed by atoms with E-state index in [4.69, 9.17) is 0 Å². The summed E-state index contributed by atoms with van der Waals surface area (Å²) in [4.78, 5) is 21.2. The largest absolute Gasteiger partial charge is 0.313 e. The van der Waals surface area contributed by atoms with E-state index in [0.29, 0.717) is 4.88 Å². The van der Waals surface area contributed by atoms with Crippen molar-refractivity contribution in [2.45, 2.75) is 6.92 Å². The number of carbonyl (C=O) groups is 1. The zero-order valence-corrected chi connectivity index (χ0v) is 7.71. The standard InChI is InChI=1S/C8H7NO3S/c1-6(10)8(9(11)12)5-7-3-2-4-13-7/h2-5H,1H3. The van der Waals surface area contributed by atoms with Crippen LogP contribution in [0.1, 0.15) is 11.8 Å². The van der Waals surface area contributed by atoms with Crippen LogP contribution < -0.4 is 0 Å². The van der Waals surface area contributed by atoms with E-state index in [1.807, 2.05) is 0 Å². The van der Waals surface area contributed by atoms with Gasteiger partial charge in [0.15, 0.2) is 0 Å². The van der Waals surface area contributed by atoms with E-state index < -0.39 is 10.7 Å². The van der Waals surface area contributed by atoms with Crippen molar-refractivity contribution >= 4 is 23.2 Å². The SMILES string of the molecule is CC(=O)C(=Cc1cccs1)[N+](=O)[O-]. The minimum absolute atomic E-state index is 0.373. The molecule has 1 rings (SSSR count). The fourth-order valence-electron chi connectivity index (χ4n) is 0.791. The minimum atomic E-state index is -0.665. The molecule has 13 heavy (non-hydrogen) atoms. The molecule has 0 bridgehead atoms. The number of hydrogen-bond donors (Lipinski definition) is 0. The molecule has 0 atom stereocenters. The summed E-state index contributed by atoms with van der Waals surface area (Å²) >= 11 is 1.35. The predicted molar refractivity (Wildman–Crippen MR) is 50.0 cm³/mol. The lowest BCUT2D eigenvalue weighted by Crippen LogP contribution is -2.06. The molecule has 0 radical (unpaired) electrons. The van der Waals surface area contributed by atoms with E-state index in [1.54, 1.807) is 17.5 Å². The van der Waals surface area contributed by atoms with Gasteiger partial charge in [0, 0.05) is 17.9 Å².